The number of hydrogen-bond donors (Lipinski definition) is 1. The first-order chi connectivity index (χ1) is 9.49. The number of rotatable bonds is 5. The Morgan fingerprint density at radius 3 is 2.75 bits per heavy atom. The van der Waals surface area contributed by atoms with E-state index in [2.05, 4.69) is 25.9 Å². The van der Waals surface area contributed by atoms with Gasteiger partial charge in [-0.25, -0.2) is 4.68 Å². The number of amides is 1. The molecule has 1 atom stereocenters. The third-order valence-corrected chi connectivity index (χ3v) is 4.04. The van der Waals surface area contributed by atoms with E-state index < -0.39 is 0 Å². The number of hydrogen-bond acceptors (Lipinski definition) is 6. The number of nitrogens with zero attached hydrogens (tertiary/aromatic N) is 6. The second-order valence-corrected chi connectivity index (χ2v) is 5.41. The molecule has 0 unspecified atom stereocenters. The van der Waals surface area contributed by atoms with Crippen molar-refractivity contribution in [3.63, 3.8) is 0 Å². The summed E-state index contributed by atoms with van der Waals surface area (Å²) in [4.78, 5) is 11.9. The highest BCUT2D eigenvalue weighted by Gasteiger charge is 2.15. The van der Waals surface area contributed by atoms with Gasteiger partial charge in [0.15, 0.2) is 0 Å². The van der Waals surface area contributed by atoms with Crippen LogP contribution < -0.4 is 5.32 Å². The molecule has 0 aromatic carbocycles. The maximum Gasteiger partial charge on any atom is 0.230 e. The molecule has 0 aliphatic rings. The molecule has 8 nitrogen and oxygen atoms in total. The predicted molar refractivity (Wildman–Crippen MR) is 74.0 cm³/mol. The summed E-state index contributed by atoms with van der Waals surface area (Å²) in [5, 5.41) is 18.8. The van der Waals surface area contributed by atoms with Crippen LogP contribution >= 0.6 is 11.8 Å². The molecule has 0 aliphatic carbocycles. The smallest absolute Gasteiger partial charge is 0.230 e. The number of tetrazole rings is 1. The zero-order valence-electron chi connectivity index (χ0n) is 11.9. The Morgan fingerprint density at radius 2 is 2.20 bits per heavy atom. The molecule has 0 saturated heterocycles. The van der Waals surface area contributed by atoms with Gasteiger partial charge in [-0.2, -0.15) is 5.10 Å². The number of aromatic nitrogens is 6. The molecule has 0 aliphatic heterocycles. The van der Waals surface area contributed by atoms with Crippen LogP contribution in [0, 0.1) is 6.92 Å². The second-order valence-electron chi connectivity index (χ2n) is 4.47. The number of nitrogens with one attached hydrogen (secondary N) is 1. The van der Waals surface area contributed by atoms with Gasteiger partial charge >= 0.3 is 0 Å². The van der Waals surface area contributed by atoms with E-state index in [9.17, 15) is 4.79 Å². The van der Waals surface area contributed by atoms with Crippen LogP contribution in [0.1, 0.15) is 24.2 Å². The molecule has 2 heterocycles. The molecule has 0 bridgehead atoms. The minimum Gasteiger partial charge on any atom is -0.349 e. The zero-order valence-corrected chi connectivity index (χ0v) is 12.7. The molecule has 0 radical (unpaired) electrons. The maximum atomic E-state index is 11.9. The van der Waals surface area contributed by atoms with Crippen LogP contribution in [0.5, 0.6) is 0 Å². The first-order valence-corrected chi connectivity index (χ1v) is 7.10. The minimum atomic E-state index is -0.0746. The summed E-state index contributed by atoms with van der Waals surface area (Å²) in [6.45, 7) is 3.92. The van der Waals surface area contributed by atoms with Crippen LogP contribution in [0.15, 0.2) is 11.4 Å². The highest BCUT2D eigenvalue weighted by atomic mass is 32.2. The quantitative estimate of drug-likeness (QED) is 0.794. The Kier molecular flexibility index (Phi) is 4.38. The first-order valence-electron chi connectivity index (χ1n) is 6.12. The predicted octanol–water partition coefficient (Wildman–Crippen LogP) is 0.222. The fourth-order valence-electron chi connectivity index (χ4n) is 1.78. The number of carbonyl (C=O) groups excluding carboxylic acids is 1. The number of carbonyl (C=O) groups is 1. The molecular formula is C11H17N7OS. The third kappa shape index (κ3) is 3.16. The normalized spacial score (nSPS) is 12.4. The van der Waals surface area contributed by atoms with Crippen LogP contribution in [-0.2, 0) is 18.9 Å². The van der Waals surface area contributed by atoms with Crippen molar-refractivity contribution in [3.8, 4) is 0 Å². The fraction of sp³-hybridized carbons (Fsp3) is 0.545. The van der Waals surface area contributed by atoms with Crippen molar-refractivity contribution in [3.05, 3.63) is 17.5 Å². The van der Waals surface area contributed by atoms with Crippen LogP contribution in [0.2, 0.25) is 0 Å². The molecule has 108 valence electrons. The van der Waals surface area contributed by atoms with Gasteiger partial charge < -0.3 is 5.32 Å². The van der Waals surface area contributed by atoms with Gasteiger partial charge in [-0.1, -0.05) is 11.8 Å². The van der Waals surface area contributed by atoms with Crippen molar-refractivity contribution >= 4 is 17.7 Å². The van der Waals surface area contributed by atoms with Gasteiger partial charge in [-0.05, 0) is 24.3 Å². The van der Waals surface area contributed by atoms with Crippen LogP contribution in [0.3, 0.4) is 0 Å². The summed E-state index contributed by atoms with van der Waals surface area (Å²) in [5.41, 5.74) is 2.06. The Hall–Kier alpha value is -1.90. The van der Waals surface area contributed by atoms with E-state index in [0.717, 1.165) is 11.3 Å². The van der Waals surface area contributed by atoms with Crippen molar-refractivity contribution < 1.29 is 4.79 Å². The highest BCUT2D eigenvalue weighted by Crippen LogP contribution is 2.17. The molecule has 0 fully saturated rings. The highest BCUT2D eigenvalue weighted by molar-refractivity contribution is 7.99. The molecule has 1 amide bonds. The monoisotopic (exact) mass is 295 g/mol. The lowest BCUT2D eigenvalue weighted by Crippen LogP contribution is -2.28. The van der Waals surface area contributed by atoms with Gasteiger partial charge in [0.25, 0.3) is 0 Å². The lowest BCUT2D eigenvalue weighted by atomic mass is 10.1. The van der Waals surface area contributed by atoms with Crippen molar-refractivity contribution in [2.75, 3.05) is 5.75 Å². The van der Waals surface area contributed by atoms with E-state index in [-0.39, 0.29) is 17.7 Å². The van der Waals surface area contributed by atoms with E-state index >= 15 is 0 Å². The summed E-state index contributed by atoms with van der Waals surface area (Å²) >= 11 is 1.30. The van der Waals surface area contributed by atoms with Gasteiger partial charge in [-0.15, -0.1) is 5.10 Å². The number of thioether (sulfide) groups is 1. The van der Waals surface area contributed by atoms with E-state index in [4.69, 9.17) is 0 Å². The molecule has 2 aromatic heterocycles. The Bertz CT molecular complexity index is 606. The van der Waals surface area contributed by atoms with Crippen molar-refractivity contribution in [1.29, 1.82) is 0 Å². The van der Waals surface area contributed by atoms with Crippen LogP contribution in [0.4, 0.5) is 0 Å². The topological polar surface area (TPSA) is 90.5 Å². The fourth-order valence-corrected chi connectivity index (χ4v) is 2.44. The van der Waals surface area contributed by atoms with Gasteiger partial charge in [0.2, 0.25) is 11.1 Å². The van der Waals surface area contributed by atoms with E-state index in [1.54, 1.807) is 17.9 Å². The summed E-state index contributed by atoms with van der Waals surface area (Å²) < 4.78 is 3.32. The average Bonchev–Trinajstić information content (AvgIpc) is 2.95. The van der Waals surface area contributed by atoms with Crippen molar-refractivity contribution in [1.82, 2.24) is 35.3 Å². The van der Waals surface area contributed by atoms with Crippen LogP contribution in [0.25, 0.3) is 0 Å². The van der Waals surface area contributed by atoms with Crippen molar-refractivity contribution in [2.24, 2.45) is 14.1 Å². The molecule has 0 spiro atoms. The van der Waals surface area contributed by atoms with Gasteiger partial charge in [0.1, 0.15) is 0 Å². The van der Waals surface area contributed by atoms with E-state index in [0.29, 0.717) is 5.16 Å². The Labute approximate surface area is 120 Å². The molecule has 9 heteroatoms. The molecular weight excluding hydrogens is 278 g/mol. The van der Waals surface area contributed by atoms with E-state index in [1.807, 2.05) is 20.9 Å². The lowest BCUT2D eigenvalue weighted by Gasteiger charge is -2.13. The molecule has 2 aromatic rings. The van der Waals surface area contributed by atoms with Crippen LogP contribution in [-0.4, -0.2) is 41.6 Å². The van der Waals surface area contributed by atoms with Gasteiger partial charge in [-0.3, -0.25) is 9.48 Å². The summed E-state index contributed by atoms with van der Waals surface area (Å²) in [7, 11) is 3.62. The maximum absolute atomic E-state index is 11.9. The van der Waals surface area contributed by atoms with Gasteiger partial charge in [0, 0.05) is 25.4 Å². The Balaban J connectivity index is 1.88. The first kappa shape index (κ1) is 14.5. The zero-order chi connectivity index (χ0) is 14.7. The summed E-state index contributed by atoms with van der Waals surface area (Å²) in [6.07, 6.45) is 1.78. The summed E-state index contributed by atoms with van der Waals surface area (Å²) in [6, 6.07) is -0.0746. The molecule has 0 saturated carbocycles. The minimum absolute atomic E-state index is 0.0613. The molecule has 1 N–H and O–H groups in total. The summed E-state index contributed by atoms with van der Waals surface area (Å²) in [5.74, 6) is 0.214. The van der Waals surface area contributed by atoms with Gasteiger partial charge in [0.05, 0.1) is 18.0 Å². The Morgan fingerprint density at radius 1 is 1.45 bits per heavy atom. The SMILES string of the molecule is Cc1c([C@@H](C)NC(=O)CSc2nnnn2C)cnn1C. The third-order valence-electron chi connectivity index (χ3n) is 3.03. The standard InChI is InChI=1S/C11H17N7OS/c1-7(9-5-12-17(3)8(9)2)13-10(19)6-20-11-14-15-16-18(11)4/h5,7H,6H2,1-4H3,(H,13,19)/t7-/m1/s1. The van der Waals surface area contributed by atoms with E-state index in [1.165, 1.54) is 16.4 Å². The largest absolute Gasteiger partial charge is 0.349 e. The average molecular weight is 295 g/mol. The lowest BCUT2D eigenvalue weighted by molar-refractivity contribution is -0.119. The second kappa shape index (κ2) is 6.04. The number of aryl methyl sites for hydroxylation is 2. The molecule has 2 rings (SSSR count). The molecule has 20 heavy (non-hydrogen) atoms. The van der Waals surface area contributed by atoms with Crippen molar-refractivity contribution in [2.45, 2.75) is 25.0 Å².